The van der Waals surface area contributed by atoms with Gasteiger partial charge in [-0.3, -0.25) is 4.79 Å². The molecule has 0 aliphatic carbocycles. The van der Waals surface area contributed by atoms with Crippen molar-refractivity contribution in [1.82, 2.24) is 15.5 Å². The van der Waals surface area contributed by atoms with Crippen molar-refractivity contribution in [2.24, 2.45) is 0 Å². The van der Waals surface area contributed by atoms with Crippen molar-refractivity contribution < 1.29 is 4.79 Å². The molecule has 3 N–H and O–H groups in total. The lowest BCUT2D eigenvalue weighted by molar-refractivity contribution is -0.121. The zero-order chi connectivity index (χ0) is 12.3. The highest BCUT2D eigenvalue weighted by molar-refractivity contribution is 8.02. The first-order chi connectivity index (χ1) is 7.28. The molecule has 1 aromatic heterocycles. The molecule has 0 bridgehead atoms. The minimum Gasteiger partial charge on any atom is -0.374 e. The molecular weight excluding hydrogens is 244 g/mol. The second-order valence-electron chi connectivity index (χ2n) is 4.41. The number of nitrogens with two attached hydrogens (primary N) is 1. The van der Waals surface area contributed by atoms with Gasteiger partial charge in [-0.05, 0) is 27.7 Å². The van der Waals surface area contributed by atoms with Crippen LogP contribution in [0.3, 0.4) is 0 Å². The van der Waals surface area contributed by atoms with Gasteiger partial charge < -0.3 is 11.1 Å². The van der Waals surface area contributed by atoms with E-state index in [4.69, 9.17) is 5.73 Å². The van der Waals surface area contributed by atoms with Gasteiger partial charge in [0, 0.05) is 5.54 Å². The van der Waals surface area contributed by atoms with E-state index in [2.05, 4.69) is 15.5 Å². The van der Waals surface area contributed by atoms with E-state index in [-0.39, 0.29) is 16.7 Å². The molecule has 0 fully saturated rings. The minimum atomic E-state index is -0.216. The normalized spacial score (nSPS) is 13.5. The smallest absolute Gasteiger partial charge is 0.233 e. The Balaban J connectivity index is 2.52. The maximum atomic E-state index is 11.8. The van der Waals surface area contributed by atoms with E-state index in [9.17, 15) is 4.79 Å². The number of nitrogens with zero attached hydrogens (tertiary/aromatic N) is 2. The van der Waals surface area contributed by atoms with Gasteiger partial charge in [-0.15, -0.1) is 10.2 Å². The molecule has 1 rings (SSSR count). The van der Waals surface area contributed by atoms with E-state index in [1.165, 1.54) is 23.1 Å². The number of amides is 1. The van der Waals surface area contributed by atoms with Gasteiger partial charge in [-0.25, -0.2) is 0 Å². The fourth-order valence-electron chi connectivity index (χ4n) is 0.944. The van der Waals surface area contributed by atoms with Crippen LogP contribution < -0.4 is 11.1 Å². The highest BCUT2D eigenvalue weighted by Gasteiger charge is 2.21. The summed E-state index contributed by atoms with van der Waals surface area (Å²) in [5, 5.41) is 10.7. The molecule has 0 spiro atoms. The zero-order valence-corrected chi connectivity index (χ0v) is 11.4. The summed E-state index contributed by atoms with van der Waals surface area (Å²) >= 11 is 2.66. The second kappa shape index (κ2) is 5.01. The van der Waals surface area contributed by atoms with Gasteiger partial charge in [-0.1, -0.05) is 23.1 Å². The molecule has 1 aromatic rings. The molecule has 0 unspecified atom stereocenters. The maximum absolute atomic E-state index is 11.8. The molecule has 0 aliphatic rings. The summed E-state index contributed by atoms with van der Waals surface area (Å²) in [5.74, 6) is -0.00808. The number of aromatic nitrogens is 2. The van der Waals surface area contributed by atoms with Gasteiger partial charge >= 0.3 is 0 Å². The lowest BCUT2D eigenvalue weighted by Crippen LogP contribution is -2.44. The van der Waals surface area contributed by atoms with Gasteiger partial charge in [0.2, 0.25) is 11.0 Å². The fourth-order valence-corrected chi connectivity index (χ4v) is 2.72. The predicted octanol–water partition coefficient (Wildman–Crippen LogP) is 1.52. The number of thioether (sulfide) groups is 1. The van der Waals surface area contributed by atoms with Gasteiger partial charge in [0.05, 0.1) is 5.25 Å². The van der Waals surface area contributed by atoms with Crippen molar-refractivity contribution in [2.75, 3.05) is 5.73 Å². The fraction of sp³-hybridized carbons (Fsp3) is 0.667. The van der Waals surface area contributed by atoms with Crippen LogP contribution in [-0.2, 0) is 4.79 Å². The van der Waals surface area contributed by atoms with Crippen LogP contribution in [0.1, 0.15) is 27.7 Å². The standard InChI is InChI=1S/C9H16N4OS2/c1-5(6(14)11-9(2,3)4)15-8-13-12-7(10)16-8/h5H,1-4H3,(H2,10,12)(H,11,14)/t5-/m1/s1. The molecule has 1 amide bonds. The van der Waals surface area contributed by atoms with Crippen LogP contribution in [0.4, 0.5) is 5.13 Å². The average Bonchev–Trinajstić information content (AvgIpc) is 2.48. The Hall–Kier alpha value is -0.820. The summed E-state index contributed by atoms with van der Waals surface area (Å²) in [4.78, 5) is 11.8. The molecule has 5 nitrogen and oxygen atoms in total. The van der Waals surface area contributed by atoms with E-state index >= 15 is 0 Å². The predicted molar refractivity (Wildman–Crippen MR) is 67.5 cm³/mol. The third-order valence-corrected chi connectivity index (χ3v) is 3.50. The SMILES string of the molecule is C[C@@H](Sc1nnc(N)s1)C(=O)NC(C)(C)C. The van der Waals surface area contributed by atoms with Crippen molar-refractivity contribution in [3.8, 4) is 0 Å². The van der Waals surface area contributed by atoms with Gasteiger partial charge in [0.25, 0.3) is 0 Å². The van der Waals surface area contributed by atoms with Crippen LogP contribution in [0, 0.1) is 0 Å². The third-order valence-electron chi connectivity index (χ3n) is 1.57. The van der Waals surface area contributed by atoms with Crippen molar-refractivity contribution in [3.63, 3.8) is 0 Å². The topological polar surface area (TPSA) is 80.9 Å². The van der Waals surface area contributed by atoms with Crippen molar-refractivity contribution >= 4 is 34.1 Å². The summed E-state index contributed by atoms with van der Waals surface area (Å²) < 4.78 is 0.717. The Kier molecular flexibility index (Phi) is 4.15. The molecule has 90 valence electrons. The number of nitrogen functional groups attached to an aromatic ring is 1. The molecule has 0 aliphatic heterocycles. The molecular formula is C9H16N4OS2. The van der Waals surface area contributed by atoms with Crippen LogP contribution in [0.2, 0.25) is 0 Å². The van der Waals surface area contributed by atoms with Crippen molar-refractivity contribution in [3.05, 3.63) is 0 Å². The van der Waals surface area contributed by atoms with E-state index in [0.717, 1.165) is 0 Å². The Morgan fingerprint density at radius 1 is 1.50 bits per heavy atom. The van der Waals surface area contributed by atoms with Gasteiger partial charge in [0.15, 0.2) is 4.34 Å². The summed E-state index contributed by atoms with van der Waals surface area (Å²) in [6.07, 6.45) is 0. The maximum Gasteiger partial charge on any atom is 0.233 e. The number of carbonyl (C=O) groups is 1. The van der Waals surface area contributed by atoms with E-state index in [0.29, 0.717) is 9.47 Å². The van der Waals surface area contributed by atoms with E-state index in [1.807, 2.05) is 27.7 Å². The highest BCUT2D eigenvalue weighted by atomic mass is 32.2. The number of carbonyl (C=O) groups excluding carboxylic acids is 1. The van der Waals surface area contributed by atoms with Gasteiger partial charge in [-0.2, -0.15) is 0 Å². The molecule has 16 heavy (non-hydrogen) atoms. The van der Waals surface area contributed by atoms with Crippen molar-refractivity contribution in [2.45, 2.75) is 42.8 Å². The molecule has 1 heterocycles. The van der Waals surface area contributed by atoms with Crippen LogP contribution in [-0.4, -0.2) is 26.9 Å². The monoisotopic (exact) mass is 260 g/mol. The second-order valence-corrected chi connectivity index (χ2v) is 7.00. The first-order valence-electron chi connectivity index (χ1n) is 4.85. The van der Waals surface area contributed by atoms with Gasteiger partial charge in [0.1, 0.15) is 0 Å². The minimum absolute atomic E-state index is 0.00808. The highest BCUT2D eigenvalue weighted by Crippen LogP contribution is 2.27. The van der Waals surface area contributed by atoms with Crippen LogP contribution in [0.5, 0.6) is 0 Å². The Morgan fingerprint density at radius 3 is 2.56 bits per heavy atom. The lowest BCUT2D eigenvalue weighted by Gasteiger charge is -2.22. The van der Waals surface area contributed by atoms with Crippen LogP contribution >= 0.6 is 23.1 Å². The van der Waals surface area contributed by atoms with E-state index in [1.54, 1.807) is 0 Å². The Labute approximate surface area is 103 Å². The molecule has 0 aromatic carbocycles. The number of rotatable bonds is 3. The Bertz CT molecular complexity index is 372. The number of anilines is 1. The molecule has 0 saturated heterocycles. The average molecular weight is 260 g/mol. The first kappa shape index (κ1) is 13.2. The number of hydrogen-bond donors (Lipinski definition) is 2. The molecule has 0 saturated carbocycles. The van der Waals surface area contributed by atoms with Crippen molar-refractivity contribution in [1.29, 1.82) is 0 Å². The Morgan fingerprint density at radius 2 is 2.12 bits per heavy atom. The summed E-state index contributed by atoms with van der Waals surface area (Å²) in [5.41, 5.74) is 5.25. The largest absolute Gasteiger partial charge is 0.374 e. The third kappa shape index (κ3) is 4.36. The molecule has 1 atom stereocenters. The first-order valence-corrected chi connectivity index (χ1v) is 6.55. The molecule has 7 heteroatoms. The summed E-state index contributed by atoms with van der Waals surface area (Å²) in [7, 11) is 0. The van der Waals surface area contributed by atoms with Crippen LogP contribution in [0.25, 0.3) is 0 Å². The lowest BCUT2D eigenvalue weighted by atomic mass is 10.1. The summed E-state index contributed by atoms with van der Waals surface area (Å²) in [6, 6.07) is 0. The quantitative estimate of drug-likeness (QED) is 0.805. The number of nitrogens with one attached hydrogen (secondary N) is 1. The zero-order valence-electron chi connectivity index (χ0n) is 9.77. The van der Waals surface area contributed by atoms with E-state index < -0.39 is 0 Å². The number of hydrogen-bond acceptors (Lipinski definition) is 6. The molecule has 0 radical (unpaired) electrons. The summed E-state index contributed by atoms with van der Waals surface area (Å²) in [6.45, 7) is 7.69. The van der Waals surface area contributed by atoms with Crippen LogP contribution in [0.15, 0.2) is 4.34 Å².